The van der Waals surface area contributed by atoms with Crippen LogP contribution in [0.4, 0.5) is 17.6 Å². The summed E-state index contributed by atoms with van der Waals surface area (Å²) in [6.45, 7) is -0.0665. The van der Waals surface area contributed by atoms with Crippen LogP contribution in [0.2, 0.25) is 0 Å². The molecule has 0 saturated heterocycles. The molecule has 15 heavy (non-hydrogen) atoms. The first kappa shape index (κ1) is 11.8. The van der Waals surface area contributed by atoms with Crippen LogP contribution < -0.4 is 4.74 Å². The molecular formula is C10H10F4O. The van der Waals surface area contributed by atoms with Crippen LogP contribution in [0, 0.1) is 5.82 Å². The zero-order valence-electron chi connectivity index (χ0n) is 7.85. The second-order valence-electron chi connectivity index (χ2n) is 3.02. The minimum atomic E-state index is -4.16. The number of ether oxygens (including phenoxy) is 1. The van der Waals surface area contributed by atoms with Gasteiger partial charge in [0.2, 0.25) is 0 Å². The van der Waals surface area contributed by atoms with Gasteiger partial charge in [-0.05, 0) is 18.6 Å². The minimum absolute atomic E-state index is 0.0665. The van der Waals surface area contributed by atoms with Crippen molar-refractivity contribution in [3.63, 3.8) is 0 Å². The fraction of sp³-hybridized carbons (Fsp3) is 0.400. The Bertz CT molecular complexity index is 309. The summed E-state index contributed by atoms with van der Waals surface area (Å²) in [5, 5.41) is 0. The minimum Gasteiger partial charge on any atom is -0.493 e. The number of benzene rings is 1. The standard InChI is InChI=1S/C10H10F4O/c11-8-3-1-4-9(7-8)15-6-2-5-10(12,13)14/h1,3-4,7H,2,5-6H2. The van der Waals surface area contributed by atoms with E-state index in [1.54, 1.807) is 0 Å². The van der Waals surface area contributed by atoms with Gasteiger partial charge >= 0.3 is 6.18 Å². The third-order valence-electron chi connectivity index (χ3n) is 1.67. The summed E-state index contributed by atoms with van der Waals surface area (Å²) in [5.74, 6) is -0.222. The van der Waals surface area contributed by atoms with Gasteiger partial charge in [0.05, 0.1) is 6.61 Å². The second-order valence-corrected chi connectivity index (χ2v) is 3.02. The predicted molar refractivity (Wildman–Crippen MR) is 47.2 cm³/mol. The van der Waals surface area contributed by atoms with E-state index in [0.717, 1.165) is 6.07 Å². The van der Waals surface area contributed by atoms with Crippen LogP contribution in [0.5, 0.6) is 5.75 Å². The van der Waals surface area contributed by atoms with E-state index in [0.29, 0.717) is 0 Å². The van der Waals surface area contributed by atoms with Crippen LogP contribution in [0.25, 0.3) is 0 Å². The van der Waals surface area contributed by atoms with E-state index in [9.17, 15) is 17.6 Å². The van der Waals surface area contributed by atoms with Crippen molar-refractivity contribution in [2.45, 2.75) is 19.0 Å². The molecule has 0 aliphatic carbocycles. The molecule has 0 atom stereocenters. The Kier molecular flexibility index (Phi) is 3.94. The van der Waals surface area contributed by atoms with Gasteiger partial charge in [-0.2, -0.15) is 13.2 Å². The van der Waals surface area contributed by atoms with E-state index in [1.807, 2.05) is 0 Å². The van der Waals surface area contributed by atoms with Crippen molar-refractivity contribution in [2.24, 2.45) is 0 Å². The fourth-order valence-electron chi connectivity index (χ4n) is 1.02. The molecule has 0 unspecified atom stereocenters. The van der Waals surface area contributed by atoms with E-state index >= 15 is 0 Å². The van der Waals surface area contributed by atoms with Crippen LogP contribution in [-0.2, 0) is 0 Å². The van der Waals surface area contributed by atoms with E-state index in [2.05, 4.69) is 0 Å². The average Bonchev–Trinajstić information content (AvgIpc) is 2.11. The summed E-state index contributed by atoms with van der Waals surface area (Å²) in [6, 6.07) is 5.31. The maximum Gasteiger partial charge on any atom is 0.389 e. The van der Waals surface area contributed by atoms with Crippen LogP contribution in [0.1, 0.15) is 12.8 Å². The van der Waals surface area contributed by atoms with Crippen molar-refractivity contribution in [1.82, 2.24) is 0 Å². The van der Waals surface area contributed by atoms with Crippen LogP contribution in [-0.4, -0.2) is 12.8 Å². The van der Waals surface area contributed by atoms with Crippen molar-refractivity contribution >= 4 is 0 Å². The first-order valence-electron chi connectivity index (χ1n) is 4.42. The van der Waals surface area contributed by atoms with E-state index < -0.39 is 18.4 Å². The molecule has 0 spiro atoms. The number of alkyl halides is 3. The largest absolute Gasteiger partial charge is 0.493 e. The maximum atomic E-state index is 12.6. The van der Waals surface area contributed by atoms with Crippen molar-refractivity contribution in [3.8, 4) is 5.75 Å². The Morgan fingerprint density at radius 1 is 1.20 bits per heavy atom. The fourth-order valence-corrected chi connectivity index (χ4v) is 1.02. The topological polar surface area (TPSA) is 9.23 Å². The molecular weight excluding hydrogens is 212 g/mol. The van der Waals surface area contributed by atoms with Gasteiger partial charge in [-0.1, -0.05) is 6.07 Å². The van der Waals surface area contributed by atoms with Crippen LogP contribution >= 0.6 is 0 Å². The van der Waals surface area contributed by atoms with E-state index in [-0.39, 0.29) is 18.8 Å². The molecule has 5 heteroatoms. The SMILES string of the molecule is Fc1cccc(OCCCC(F)(F)F)c1. The van der Waals surface area contributed by atoms with Gasteiger partial charge < -0.3 is 4.74 Å². The molecule has 0 saturated carbocycles. The molecule has 0 bridgehead atoms. The summed E-state index contributed by atoms with van der Waals surface area (Å²) in [7, 11) is 0. The molecule has 1 aromatic carbocycles. The number of halogens is 4. The maximum absolute atomic E-state index is 12.6. The molecule has 0 radical (unpaired) electrons. The first-order valence-corrected chi connectivity index (χ1v) is 4.42. The van der Waals surface area contributed by atoms with Gasteiger partial charge in [-0.3, -0.25) is 0 Å². The summed E-state index contributed by atoms with van der Waals surface area (Å²) in [6.07, 6.45) is -5.17. The molecule has 0 N–H and O–H groups in total. The van der Waals surface area contributed by atoms with Crippen LogP contribution in [0.3, 0.4) is 0 Å². The van der Waals surface area contributed by atoms with E-state index in [4.69, 9.17) is 4.74 Å². The number of hydrogen-bond acceptors (Lipinski definition) is 1. The average molecular weight is 222 g/mol. The van der Waals surface area contributed by atoms with Crippen molar-refractivity contribution in [2.75, 3.05) is 6.61 Å². The summed E-state index contributed by atoms with van der Waals surface area (Å²) < 4.78 is 52.7. The smallest absolute Gasteiger partial charge is 0.389 e. The molecule has 1 rings (SSSR count). The Morgan fingerprint density at radius 2 is 1.93 bits per heavy atom. The monoisotopic (exact) mass is 222 g/mol. The summed E-state index contributed by atoms with van der Waals surface area (Å²) >= 11 is 0. The molecule has 0 fully saturated rings. The Morgan fingerprint density at radius 3 is 2.53 bits per heavy atom. The van der Waals surface area contributed by atoms with E-state index in [1.165, 1.54) is 18.2 Å². The third-order valence-corrected chi connectivity index (χ3v) is 1.67. The summed E-state index contributed by atoms with van der Waals surface area (Å²) in [4.78, 5) is 0. The zero-order valence-corrected chi connectivity index (χ0v) is 7.85. The molecule has 84 valence electrons. The highest BCUT2D eigenvalue weighted by atomic mass is 19.4. The first-order chi connectivity index (χ1) is 6.97. The predicted octanol–water partition coefficient (Wildman–Crippen LogP) is 3.55. The van der Waals surface area contributed by atoms with Crippen LogP contribution in [0.15, 0.2) is 24.3 Å². The molecule has 0 heterocycles. The Balaban J connectivity index is 2.26. The number of rotatable bonds is 4. The molecule has 0 aliphatic rings. The molecule has 0 amide bonds. The van der Waals surface area contributed by atoms with Gasteiger partial charge in [0.25, 0.3) is 0 Å². The molecule has 1 nitrogen and oxygen atoms in total. The zero-order chi connectivity index (χ0) is 11.3. The van der Waals surface area contributed by atoms with Crippen molar-refractivity contribution < 1.29 is 22.3 Å². The van der Waals surface area contributed by atoms with Gasteiger partial charge in [0.1, 0.15) is 11.6 Å². The lowest BCUT2D eigenvalue weighted by atomic mass is 10.3. The lowest BCUT2D eigenvalue weighted by Crippen LogP contribution is -2.09. The lowest BCUT2D eigenvalue weighted by molar-refractivity contribution is -0.136. The number of hydrogen-bond donors (Lipinski definition) is 0. The van der Waals surface area contributed by atoms with Gasteiger partial charge in [0.15, 0.2) is 0 Å². The molecule has 0 aromatic heterocycles. The van der Waals surface area contributed by atoms with Crippen molar-refractivity contribution in [3.05, 3.63) is 30.1 Å². The Labute approximate surface area is 84.7 Å². The van der Waals surface area contributed by atoms with Gasteiger partial charge in [-0.25, -0.2) is 4.39 Å². The van der Waals surface area contributed by atoms with Gasteiger partial charge in [0, 0.05) is 12.5 Å². The van der Waals surface area contributed by atoms with Crippen molar-refractivity contribution in [1.29, 1.82) is 0 Å². The highest BCUT2D eigenvalue weighted by Crippen LogP contribution is 2.21. The highest BCUT2D eigenvalue weighted by Gasteiger charge is 2.26. The third kappa shape index (κ3) is 5.24. The van der Waals surface area contributed by atoms with Gasteiger partial charge in [-0.15, -0.1) is 0 Å². The molecule has 0 aliphatic heterocycles. The lowest BCUT2D eigenvalue weighted by Gasteiger charge is -2.07. The highest BCUT2D eigenvalue weighted by molar-refractivity contribution is 5.22. The second kappa shape index (κ2) is 5.00. The Hall–Kier alpha value is -1.26. The normalized spacial score (nSPS) is 11.5. The molecule has 1 aromatic rings. The summed E-state index contributed by atoms with van der Waals surface area (Å²) in [5.41, 5.74) is 0. The quantitative estimate of drug-likeness (QED) is 0.559.